The van der Waals surface area contributed by atoms with Crippen molar-refractivity contribution in [3.05, 3.63) is 29.8 Å². The van der Waals surface area contributed by atoms with Gasteiger partial charge in [-0.25, -0.2) is 4.99 Å². The van der Waals surface area contributed by atoms with E-state index in [0.717, 1.165) is 50.6 Å². The fourth-order valence-electron chi connectivity index (χ4n) is 2.72. The number of rotatable bonds is 5. The maximum absolute atomic E-state index is 9.52. The van der Waals surface area contributed by atoms with Gasteiger partial charge in [-0.05, 0) is 44.4 Å². The van der Waals surface area contributed by atoms with Crippen molar-refractivity contribution in [2.24, 2.45) is 4.99 Å². The minimum atomic E-state index is 0.287. The summed E-state index contributed by atoms with van der Waals surface area (Å²) in [4.78, 5) is 6.99. The Morgan fingerprint density at radius 3 is 2.77 bits per heavy atom. The zero-order chi connectivity index (χ0) is 15.8. The molecule has 1 aliphatic rings. The summed E-state index contributed by atoms with van der Waals surface area (Å²) < 4.78 is 5.70. The van der Waals surface area contributed by atoms with Gasteiger partial charge >= 0.3 is 0 Å². The number of hydrogen-bond donors (Lipinski definition) is 2. The number of ether oxygens (including phenoxy) is 1. The van der Waals surface area contributed by atoms with E-state index >= 15 is 0 Å². The van der Waals surface area contributed by atoms with Crippen LogP contribution in [0.3, 0.4) is 0 Å². The van der Waals surface area contributed by atoms with E-state index in [0.29, 0.717) is 12.6 Å². The van der Waals surface area contributed by atoms with E-state index in [1.807, 2.05) is 19.1 Å². The number of hydrogen-bond acceptors (Lipinski definition) is 3. The van der Waals surface area contributed by atoms with Crippen molar-refractivity contribution in [2.75, 3.05) is 26.2 Å². The van der Waals surface area contributed by atoms with Crippen LogP contribution in [0, 0.1) is 0 Å². The van der Waals surface area contributed by atoms with Crippen LogP contribution < -0.4 is 5.32 Å². The van der Waals surface area contributed by atoms with Gasteiger partial charge in [-0.15, -0.1) is 0 Å². The Morgan fingerprint density at radius 2 is 2.14 bits per heavy atom. The second-order valence-electron chi connectivity index (χ2n) is 5.48. The molecule has 0 bridgehead atoms. The second-order valence-corrected chi connectivity index (χ2v) is 5.48. The summed E-state index contributed by atoms with van der Waals surface area (Å²) >= 11 is 0. The molecule has 2 rings (SSSR count). The van der Waals surface area contributed by atoms with Crippen LogP contribution in [0.15, 0.2) is 29.3 Å². The highest BCUT2D eigenvalue weighted by molar-refractivity contribution is 5.80. The molecule has 2 N–H and O–H groups in total. The third-order valence-corrected chi connectivity index (χ3v) is 3.80. The summed E-state index contributed by atoms with van der Waals surface area (Å²) in [6.45, 7) is 8.28. The van der Waals surface area contributed by atoms with Crippen molar-refractivity contribution in [1.82, 2.24) is 10.2 Å². The normalized spacial score (nSPS) is 16.8. The lowest BCUT2D eigenvalue weighted by Gasteiger charge is -2.34. The number of likely N-dealkylation sites (tertiary alicyclic amines) is 1. The molecule has 1 heterocycles. The van der Waals surface area contributed by atoms with Crippen LogP contribution in [-0.2, 0) is 11.3 Å². The first-order valence-corrected chi connectivity index (χ1v) is 8.15. The van der Waals surface area contributed by atoms with E-state index in [9.17, 15) is 5.11 Å². The van der Waals surface area contributed by atoms with Gasteiger partial charge in [0.05, 0.1) is 12.6 Å². The van der Waals surface area contributed by atoms with Gasteiger partial charge in [-0.3, -0.25) is 0 Å². The molecule has 0 radical (unpaired) electrons. The van der Waals surface area contributed by atoms with Gasteiger partial charge in [-0.2, -0.15) is 0 Å². The highest BCUT2D eigenvalue weighted by Crippen LogP contribution is 2.15. The van der Waals surface area contributed by atoms with Gasteiger partial charge < -0.3 is 20.1 Å². The van der Waals surface area contributed by atoms with Crippen LogP contribution in [-0.4, -0.2) is 48.3 Å². The van der Waals surface area contributed by atoms with E-state index in [2.05, 4.69) is 17.1 Å². The average Bonchev–Trinajstić information content (AvgIpc) is 2.53. The first kappa shape index (κ1) is 16.6. The minimum Gasteiger partial charge on any atom is -0.508 e. The number of aromatic hydroxyl groups is 1. The summed E-state index contributed by atoms with van der Waals surface area (Å²) in [6, 6.07) is 7.26. The molecule has 0 aromatic heterocycles. The van der Waals surface area contributed by atoms with Crippen molar-refractivity contribution in [3.63, 3.8) is 0 Å². The number of guanidine groups is 1. The van der Waals surface area contributed by atoms with Crippen LogP contribution in [0.2, 0.25) is 0 Å². The number of phenolic OH excluding ortho intramolecular Hbond substituents is 1. The summed E-state index contributed by atoms with van der Waals surface area (Å²) in [5.74, 6) is 1.23. The fraction of sp³-hybridized carbons (Fsp3) is 0.588. The Kier molecular flexibility index (Phi) is 6.52. The average molecular weight is 305 g/mol. The molecule has 0 aliphatic carbocycles. The second kappa shape index (κ2) is 8.63. The third-order valence-electron chi connectivity index (χ3n) is 3.80. The molecule has 0 saturated carbocycles. The lowest BCUT2D eigenvalue weighted by atomic mass is 10.1. The Labute approximate surface area is 133 Å². The molecule has 1 aromatic carbocycles. The van der Waals surface area contributed by atoms with Crippen molar-refractivity contribution in [3.8, 4) is 5.75 Å². The first-order valence-electron chi connectivity index (χ1n) is 8.15. The predicted octanol–water partition coefficient (Wildman–Crippen LogP) is 2.36. The third kappa shape index (κ3) is 4.91. The van der Waals surface area contributed by atoms with Crippen LogP contribution in [0.5, 0.6) is 5.75 Å². The van der Waals surface area contributed by atoms with Gasteiger partial charge in [0.25, 0.3) is 0 Å². The monoisotopic (exact) mass is 305 g/mol. The standard InChI is InChI=1S/C17H27N3O2/c1-3-18-17(19-13-14-6-5-7-15(21)12-14)20-10-8-16(9-11-20)22-4-2/h5-7,12,16,21H,3-4,8-11,13H2,1-2H3,(H,18,19). The molecule has 0 unspecified atom stereocenters. The number of nitrogens with one attached hydrogen (secondary N) is 1. The van der Waals surface area contributed by atoms with Crippen LogP contribution in [0.25, 0.3) is 0 Å². The van der Waals surface area contributed by atoms with Gasteiger partial charge in [0.1, 0.15) is 5.75 Å². The highest BCUT2D eigenvalue weighted by Gasteiger charge is 2.21. The zero-order valence-electron chi connectivity index (χ0n) is 13.6. The number of nitrogens with zero attached hydrogens (tertiary/aromatic N) is 2. The molecular formula is C17H27N3O2. The van der Waals surface area contributed by atoms with E-state index < -0.39 is 0 Å². The topological polar surface area (TPSA) is 57.1 Å². The molecule has 5 nitrogen and oxygen atoms in total. The fourth-order valence-corrected chi connectivity index (χ4v) is 2.72. The molecule has 1 saturated heterocycles. The molecule has 122 valence electrons. The minimum absolute atomic E-state index is 0.287. The van der Waals surface area contributed by atoms with Gasteiger partial charge in [0.2, 0.25) is 0 Å². The van der Waals surface area contributed by atoms with Gasteiger partial charge in [0.15, 0.2) is 5.96 Å². The lowest BCUT2D eigenvalue weighted by molar-refractivity contribution is 0.0263. The Balaban J connectivity index is 1.96. The van der Waals surface area contributed by atoms with Gasteiger partial charge in [0, 0.05) is 26.2 Å². The lowest BCUT2D eigenvalue weighted by Crippen LogP contribution is -2.47. The number of aliphatic imine (C=N–C) groups is 1. The van der Waals surface area contributed by atoms with Crippen molar-refractivity contribution < 1.29 is 9.84 Å². The summed E-state index contributed by atoms with van der Waals surface area (Å²) in [6.07, 6.45) is 2.48. The number of benzene rings is 1. The smallest absolute Gasteiger partial charge is 0.194 e. The number of piperidine rings is 1. The largest absolute Gasteiger partial charge is 0.508 e. The molecule has 1 aromatic rings. The molecular weight excluding hydrogens is 278 g/mol. The van der Waals surface area contributed by atoms with Gasteiger partial charge in [-0.1, -0.05) is 12.1 Å². The molecule has 1 fully saturated rings. The Morgan fingerprint density at radius 1 is 1.36 bits per heavy atom. The molecule has 22 heavy (non-hydrogen) atoms. The predicted molar refractivity (Wildman–Crippen MR) is 89.1 cm³/mol. The van der Waals surface area contributed by atoms with E-state index in [1.54, 1.807) is 12.1 Å². The highest BCUT2D eigenvalue weighted by atomic mass is 16.5. The van der Waals surface area contributed by atoms with Crippen molar-refractivity contribution in [1.29, 1.82) is 0 Å². The zero-order valence-corrected chi connectivity index (χ0v) is 13.6. The molecule has 5 heteroatoms. The molecule has 0 spiro atoms. The van der Waals surface area contributed by atoms with Crippen LogP contribution in [0.1, 0.15) is 32.3 Å². The van der Waals surface area contributed by atoms with Crippen molar-refractivity contribution in [2.45, 2.75) is 39.3 Å². The SMILES string of the molecule is CCNC(=NCc1cccc(O)c1)N1CCC(OCC)CC1. The van der Waals surface area contributed by atoms with E-state index in [-0.39, 0.29) is 5.75 Å². The van der Waals surface area contributed by atoms with Crippen LogP contribution in [0.4, 0.5) is 0 Å². The molecule has 1 aliphatic heterocycles. The number of phenols is 1. The van der Waals surface area contributed by atoms with E-state index in [4.69, 9.17) is 9.73 Å². The first-order chi connectivity index (χ1) is 10.7. The summed E-state index contributed by atoms with van der Waals surface area (Å²) in [5, 5.41) is 12.9. The van der Waals surface area contributed by atoms with Crippen LogP contribution >= 0.6 is 0 Å². The molecule has 0 atom stereocenters. The summed E-state index contributed by atoms with van der Waals surface area (Å²) in [5.41, 5.74) is 1.01. The quantitative estimate of drug-likeness (QED) is 0.648. The van der Waals surface area contributed by atoms with Crippen molar-refractivity contribution >= 4 is 5.96 Å². The Bertz CT molecular complexity index is 483. The Hall–Kier alpha value is -1.75. The maximum Gasteiger partial charge on any atom is 0.194 e. The summed E-state index contributed by atoms with van der Waals surface area (Å²) in [7, 11) is 0. The molecule has 0 amide bonds. The maximum atomic E-state index is 9.52. The van der Waals surface area contributed by atoms with E-state index in [1.165, 1.54) is 0 Å².